The average Bonchev–Trinajstić information content (AvgIpc) is 3.97. The molecule has 3 atom stereocenters. The Morgan fingerprint density at radius 3 is 2.16 bits per heavy atom. The number of nitrogens with zero attached hydrogens (tertiary/aromatic N) is 2. The third-order valence-corrected chi connectivity index (χ3v) is 15.5. The Hall–Kier alpha value is -6.26. The first-order valence-corrected chi connectivity index (χ1v) is 24.2. The van der Waals surface area contributed by atoms with Gasteiger partial charge in [-0.15, -0.1) is 0 Å². The number of benzene rings is 6. The number of aromatic nitrogens is 2. The molecule has 0 N–H and O–H groups in total. The van der Waals surface area contributed by atoms with Gasteiger partial charge in [-0.05, 0) is 198 Å². The molecule has 11 rings (SSSR count). The molecule has 6 aromatic carbocycles. The van der Waals surface area contributed by atoms with Crippen LogP contribution >= 0.6 is 0 Å². The van der Waals surface area contributed by atoms with E-state index in [0.717, 1.165) is 82.6 Å². The number of pyridine rings is 2. The fourth-order valence-corrected chi connectivity index (χ4v) is 12.7. The minimum Gasteiger partial charge on any atom is -0.457 e. The molecule has 2 fully saturated rings. The number of furan rings is 1. The topological polar surface area (TPSA) is 48.2 Å². The van der Waals surface area contributed by atoms with Gasteiger partial charge in [0.2, 0.25) is 0 Å². The van der Waals surface area contributed by atoms with E-state index in [1.165, 1.54) is 11.6 Å². The molecule has 68 heavy (non-hydrogen) atoms. The first kappa shape index (κ1) is 34.1. The van der Waals surface area contributed by atoms with Crippen molar-refractivity contribution >= 4 is 43.5 Å². The molecular weight excluding hydrogens is 829 g/mol. The molecule has 4 heteroatoms. The maximum absolute atomic E-state index is 10.2. The van der Waals surface area contributed by atoms with Crippen molar-refractivity contribution in [2.24, 2.45) is 28.1 Å². The van der Waals surface area contributed by atoms with Crippen molar-refractivity contribution in [3.63, 3.8) is 0 Å². The van der Waals surface area contributed by atoms with Gasteiger partial charge in [0.25, 0.3) is 0 Å². The van der Waals surface area contributed by atoms with Gasteiger partial charge in [-0.3, -0.25) is 9.97 Å². The lowest BCUT2D eigenvalue weighted by Crippen LogP contribution is -2.44. The zero-order chi connectivity index (χ0) is 55.7. The smallest absolute Gasteiger partial charge is 0.145 e. The first-order valence-electron chi connectivity index (χ1n) is 29.2. The van der Waals surface area contributed by atoms with E-state index in [-0.39, 0.29) is 50.7 Å². The van der Waals surface area contributed by atoms with Crippen LogP contribution in [0.15, 0.2) is 132 Å². The van der Waals surface area contributed by atoms with Crippen molar-refractivity contribution in [2.45, 2.75) is 113 Å². The molecule has 0 saturated heterocycles. The largest absolute Gasteiger partial charge is 0.457 e. The van der Waals surface area contributed by atoms with Gasteiger partial charge in [0.05, 0.1) is 11.4 Å². The van der Waals surface area contributed by atoms with Crippen LogP contribution in [-0.4, -0.2) is 9.97 Å². The van der Waals surface area contributed by atoms with Crippen molar-refractivity contribution in [3.05, 3.63) is 155 Å². The summed E-state index contributed by atoms with van der Waals surface area (Å²) in [6.45, 7) is 7.95. The molecule has 3 heterocycles. The van der Waals surface area contributed by atoms with Crippen LogP contribution in [0.25, 0.3) is 77.1 Å². The van der Waals surface area contributed by atoms with Crippen LogP contribution in [0, 0.1) is 55.5 Å². The number of hydrogen-bond donors (Lipinski definition) is 0. The lowest BCUT2D eigenvalue weighted by Gasteiger charge is -2.54. The average molecular weight is 905 g/mol. The van der Waals surface area contributed by atoms with E-state index in [4.69, 9.17) is 26.5 Å². The molecule has 2 saturated carbocycles. The van der Waals surface area contributed by atoms with E-state index >= 15 is 0 Å². The summed E-state index contributed by atoms with van der Waals surface area (Å²) in [7, 11) is 0. The summed E-state index contributed by atoms with van der Waals surface area (Å²) in [5.74, 6) is 0.238. The summed E-state index contributed by atoms with van der Waals surface area (Å²) in [5, 5.41) is 5.64. The molecule has 0 amide bonds. The highest BCUT2D eigenvalue weighted by molar-refractivity contribution is 6.24. The van der Waals surface area contributed by atoms with E-state index in [0.29, 0.717) is 44.9 Å². The minimum atomic E-state index is -2.80. The van der Waals surface area contributed by atoms with E-state index in [9.17, 15) is 1.37 Å². The maximum Gasteiger partial charge on any atom is 0.145 e. The van der Waals surface area contributed by atoms with Gasteiger partial charge < -0.3 is 9.15 Å². The summed E-state index contributed by atoms with van der Waals surface area (Å²) in [6, 6.07) is 36.0. The molecule has 0 aliphatic heterocycles. The van der Waals surface area contributed by atoms with E-state index < -0.39 is 32.0 Å². The normalized spacial score (nSPS) is 23.9. The lowest BCUT2D eigenvalue weighted by atomic mass is 9.51. The summed E-state index contributed by atoms with van der Waals surface area (Å²) >= 11 is 0. The van der Waals surface area contributed by atoms with E-state index in [1.807, 2.05) is 42.6 Å². The second kappa shape index (κ2) is 16.5. The van der Waals surface area contributed by atoms with Gasteiger partial charge in [-0.2, -0.15) is 0 Å². The maximum atomic E-state index is 10.2. The monoisotopic (exact) mass is 905 g/mol. The molecule has 3 aromatic heterocycles. The van der Waals surface area contributed by atoms with Crippen molar-refractivity contribution in [2.75, 3.05) is 0 Å². The molecule has 9 aromatic rings. The van der Waals surface area contributed by atoms with Crippen molar-refractivity contribution in [3.8, 4) is 45.1 Å². The Morgan fingerprint density at radius 2 is 1.38 bits per heavy atom. The highest BCUT2D eigenvalue weighted by Gasteiger charge is 2.48. The third-order valence-electron chi connectivity index (χ3n) is 15.5. The fraction of sp³-hybridized carbons (Fsp3) is 0.344. The number of ether oxygens (including phenoxy) is 1. The highest BCUT2D eigenvalue weighted by atomic mass is 16.5. The molecule has 2 aliphatic carbocycles. The second-order valence-corrected chi connectivity index (χ2v) is 22.0. The predicted molar refractivity (Wildman–Crippen MR) is 285 cm³/mol. The number of fused-ring (bicyclic) bond motifs is 7. The van der Waals surface area contributed by atoms with Crippen LogP contribution in [0.2, 0.25) is 0 Å². The Kier molecular flexibility index (Phi) is 8.25. The Morgan fingerprint density at radius 1 is 0.647 bits per heavy atom. The van der Waals surface area contributed by atoms with Crippen LogP contribution in [0.1, 0.15) is 128 Å². The zero-order valence-electron chi connectivity index (χ0n) is 50.2. The third kappa shape index (κ3) is 7.88. The molecule has 0 bridgehead atoms. The summed E-state index contributed by atoms with van der Waals surface area (Å²) in [6.07, 6.45) is 8.72. The summed E-state index contributed by atoms with van der Waals surface area (Å²) < 4.78 is 101. The quantitative estimate of drug-likeness (QED) is 0.150. The Balaban J connectivity index is 1.10. The van der Waals surface area contributed by atoms with Crippen molar-refractivity contribution in [1.29, 1.82) is 0 Å². The van der Waals surface area contributed by atoms with Crippen LogP contribution in [0.5, 0.6) is 11.5 Å². The van der Waals surface area contributed by atoms with Gasteiger partial charge in [0.15, 0.2) is 0 Å². The number of rotatable bonds is 7. The van der Waals surface area contributed by atoms with E-state index in [1.54, 1.807) is 36.4 Å². The van der Waals surface area contributed by atoms with E-state index in [2.05, 4.69) is 89.8 Å². The fourth-order valence-electron chi connectivity index (χ4n) is 12.7. The van der Waals surface area contributed by atoms with Gasteiger partial charge in [0, 0.05) is 53.4 Å². The van der Waals surface area contributed by atoms with Gasteiger partial charge >= 0.3 is 0 Å². The van der Waals surface area contributed by atoms with Crippen LogP contribution in [0.3, 0.4) is 0 Å². The van der Waals surface area contributed by atoms with Crippen molar-refractivity contribution < 1.29 is 22.9 Å². The molecule has 344 valence electrons. The second-order valence-electron chi connectivity index (χ2n) is 22.0. The summed E-state index contributed by atoms with van der Waals surface area (Å²) in [5.41, 5.74) is 5.38. The van der Waals surface area contributed by atoms with Gasteiger partial charge in [-0.1, -0.05) is 114 Å². The predicted octanol–water partition coefficient (Wildman–Crippen LogP) is 18.5. The Labute approximate surface area is 417 Å². The van der Waals surface area contributed by atoms with Gasteiger partial charge in [-0.25, -0.2) is 0 Å². The van der Waals surface area contributed by atoms with Crippen LogP contribution in [0.4, 0.5) is 0 Å². The Bertz CT molecular complexity index is 3820. The molecular formula is C64H66N2O2. The van der Waals surface area contributed by atoms with Crippen LogP contribution < -0.4 is 4.74 Å². The lowest BCUT2D eigenvalue weighted by molar-refractivity contribution is -0.0280. The molecule has 2 aliphatic rings. The molecule has 0 spiro atoms. The van der Waals surface area contributed by atoms with Crippen molar-refractivity contribution in [1.82, 2.24) is 9.97 Å². The standard InChI is InChI=1S/C64H66N2O2/c1-38-26-56(65-35-40(38)3)46-27-53(43-16-12-11-13-17-43)42(5)58(28-46)67-48-29-54-51-23-22-45-21-20-44-18-14-15-19-50(44)59(45)61(51)68-60(54)55(30-48)57-31-52(41(4)36-66-57)49-24-25-64(10,32-39(49)2)47-33-62(6,7)37-63(8,9)34-47/h11-23,26-31,35-36,39,47,49H,24-25,32-34,37H2,1-10H3/i1D3,3D3,5D3,47D. The minimum absolute atomic E-state index is 0.0217. The highest BCUT2D eigenvalue weighted by Crippen LogP contribution is 2.59. The SMILES string of the molecule is [2H]C([2H])([2H])c1cnc(-c2cc(Oc3cc(-c4cc(C5CCC(C)(C6([2H])CC(C)(C)CC(C)(C)C6)CC5C)c(C)cn4)c4oc5c(ccc6ccc7ccccc7c65)c4c3)c(C([2H])([2H])[2H])c(-c3ccccc3)c2)cc1C([2H])([2H])[2H]. The first-order chi connectivity index (χ1) is 36.5. The summed E-state index contributed by atoms with van der Waals surface area (Å²) in [4.78, 5) is 9.64. The number of hydrogen-bond acceptors (Lipinski definition) is 4. The van der Waals surface area contributed by atoms with Gasteiger partial charge in [0.1, 0.15) is 22.7 Å². The molecule has 4 nitrogen and oxygen atoms in total. The van der Waals surface area contributed by atoms with Crippen LogP contribution in [-0.2, 0) is 0 Å². The molecule has 3 unspecified atom stereocenters. The molecule has 0 radical (unpaired) electrons. The number of aryl methyl sites for hydroxylation is 3. The zero-order valence-corrected chi connectivity index (χ0v) is 40.2.